The van der Waals surface area contributed by atoms with Gasteiger partial charge in [0.15, 0.2) is 5.17 Å². The van der Waals surface area contributed by atoms with Crippen LogP contribution in [0.2, 0.25) is 0 Å². The van der Waals surface area contributed by atoms with Crippen LogP contribution in [0.5, 0.6) is 0 Å². The van der Waals surface area contributed by atoms with E-state index in [1.807, 2.05) is 11.8 Å². The number of hydrogen-bond acceptors (Lipinski definition) is 4. The number of nitrogens with one attached hydrogen (secondary N) is 1. The maximum atomic E-state index is 5.37. The van der Waals surface area contributed by atoms with Crippen molar-refractivity contribution in [2.75, 3.05) is 19.0 Å². The Morgan fingerprint density at radius 3 is 3.08 bits per heavy atom. The van der Waals surface area contributed by atoms with E-state index in [0.717, 1.165) is 30.6 Å². The summed E-state index contributed by atoms with van der Waals surface area (Å²) in [6.45, 7) is 6.03. The summed E-state index contributed by atoms with van der Waals surface area (Å²) >= 11 is 1.82. The van der Waals surface area contributed by atoms with Gasteiger partial charge in [-0.25, -0.2) is 0 Å². The van der Waals surface area contributed by atoms with Crippen molar-refractivity contribution in [3.8, 4) is 0 Å². The van der Waals surface area contributed by atoms with Crippen LogP contribution in [0.3, 0.4) is 0 Å². The maximum absolute atomic E-state index is 5.37. The van der Waals surface area contributed by atoms with Gasteiger partial charge in [-0.2, -0.15) is 0 Å². The lowest BCUT2D eigenvalue weighted by atomic mass is 10.0. The fraction of sp³-hybridized carbons (Fsp3) is 0.889. The summed E-state index contributed by atoms with van der Waals surface area (Å²) in [6, 6.07) is 0.471. The Labute approximate surface area is 83.3 Å². The molecule has 4 heteroatoms. The molecule has 13 heavy (non-hydrogen) atoms. The van der Waals surface area contributed by atoms with E-state index in [1.54, 1.807) is 0 Å². The quantitative estimate of drug-likeness (QED) is 0.691. The number of rotatable bonds is 1. The van der Waals surface area contributed by atoms with Gasteiger partial charge >= 0.3 is 0 Å². The van der Waals surface area contributed by atoms with Crippen molar-refractivity contribution in [1.82, 2.24) is 5.32 Å². The number of amidine groups is 1. The van der Waals surface area contributed by atoms with Gasteiger partial charge in [-0.3, -0.25) is 4.99 Å². The SMILES string of the molecule is CC1CSC(NC2(C)CCOC2)=N1. The topological polar surface area (TPSA) is 33.6 Å². The van der Waals surface area contributed by atoms with Gasteiger partial charge in [-0.15, -0.1) is 0 Å². The Morgan fingerprint density at radius 1 is 1.69 bits per heavy atom. The molecule has 74 valence electrons. The van der Waals surface area contributed by atoms with Gasteiger partial charge in [0.1, 0.15) is 0 Å². The summed E-state index contributed by atoms with van der Waals surface area (Å²) in [7, 11) is 0. The summed E-state index contributed by atoms with van der Waals surface area (Å²) in [5, 5.41) is 4.57. The average Bonchev–Trinajstić information content (AvgIpc) is 2.62. The summed E-state index contributed by atoms with van der Waals surface area (Å²) in [5.41, 5.74) is 0.121. The first-order valence-electron chi connectivity index (χ1n) is 4.74. The Balaban J connectivity index is 1.93. The highest BCUT2D eigenvalue weighted by molar-refractivity contribution is 8.14. The van der Waals surface area contributed by atoms with Gasteiger partial charge in [0.2, 0.25) is 0 Å². The second kappa shape index (κ2) is 3.50. The van der Waals surface area contributed by atoms with E-state index in [2.05, 4.69) is 24.2 Å². The lowest BCUT2D eigenvalue weighted by molar-refractivity contribution is 0.177. The minimum atomic E-state index is 0.121. The molecule has 2 aliphatic heterocycles. The second-order valence-electron chi connectivity index (χ2n) is 4.08. The van der Waals surface area contributed by atoms with Crippen LogP contribution in [-0.2, 0) is 4.74 Å². The Hall–Kier alpha value is -0.220. The first-order valence-corrected chi connectivity index (χ1v) is 5.73. The maximum Gasteiger partial charge on any atom is 0.157 e. The molecule has 0 amide bonds. The van der Waals surface area contributed by atoms with Crippen LogP contribution < -0.4 is 5.32 Å². The van der Waals surface area contributed by atoms with Crippen molar-refractivity contribution in [2.45, 2.75) is 31.8 Å². The third-order valence-corrected chi connectivity index (χ3v) is 3.56. The Morgan fingerprint density at radius 2 is 2.54 bits per heavy atom. The van der Waals surface area contributed by atoms with Gasteiger partial charge in [-0.1, -0.05) is 11.8 Å². The highest BCUT2D eigenvalue weighted by Crippen LogP contribution is 2.22. The molecule has 0 aliphatic carbocycles. The number of aliphatic imine (C=N–C) groups is 1. The molecule has 2 aliphatic rings. The summed E-state index contributed by atoms with van der Waals surface area (Å²) in [6.07, 6.45) is 1.08. The number of thioether (sulfide) groups is 1. The summed E-state index contributed by atoms with van der Waals surface area (Å²) < 4.78 is 5.37. The molecule has 2 rings (SSSR count). The minimum absolute atomic E-state index is 0.121. The largest absolute Gasteiger partial charge is 0.379 e. The first-order chi connectivity index (χ1) is 6.18. The van der Waals surface area contributed by atoms with Crippen molar-refractivity contribution >= 4 is 16.9 Å². The van der Waals surface area contributed by atoms with E-state index in [9.17, 15) is 0 Å². The molecule has 0 aromatic heterocycles. The van der Waals surface area contributed by atoms with Crippen molar-refractivity contribution in [1.29, 1.82) is 0 Å². The monoisotopic (exact) mass is 200 g/mol. The molecule has 0 aromatic rings. The molecule has 1 N–H and O–H groups in total. The van der Waals surface area contributed by atoms with Crippen molar-refractivity contribution < 1.29 is 4.74 Å². The summed E-state index contributed by atoms with van der Waals surface area (Å²) in [5.74, 6) is 1.11. The predicted molar refractivity (Wildman–Crippen MR) is 56.3 cm³/mol. The van der Waals surface area contributed by atoms with Crippen LogP contribution in [-0.4, -0.2) is 35.7 Å². The molecule has 1 fully saturated rings. The molecular weight excluding hydrogens is 184 g/mol. The van der Waals surface area contributed by atoms with Crippen molar-refractivity contribution in [3.05, 3.63) is 0 Å². The Bertz CT molecular complexity index is 224. The normalized spacial score (nSPS) is 39.2. The highest BCUT2D eigenvalue weighted by Gasteiger charge is 2.31. The van der Waals surface area contributed by atoms with Crippen LogP contribution in [0.15, 0.2) is 4.99 Å². The molecule has 2 heterocycles. The van der Waals surface area contributed by atoms with E-state index >= 15 is 0 Å². The number of ether oxygens (including phenoxy) is 1. The van der Waals surface area contributed by atoms with Gasteiger partial charge in [0, 0.05) is 12.4 Å². The minimum Gasteiger partial charge on any atom is -0.379 e. The number of hydrogen-bond donors (Lipinski definition) is 1. The standard InChI is InChI=1S/C9H16N2OS/c1-7-5-13-8(10-7)11-9(2)3-4-12-6-9/h7H,3-6H2,1-2H3,(H,10,11). The average molecular weight is 200 g/mol. The predicted octanol–water partition coefficient (Wildman–Crippen LogP) is 1.25. The molecule has 2 unspecified atom stereocenters. The first kappa shape index (κ1) is 9.34. The van der Waals surface area contributed by atoms with Crippen LogP contribution >= 0.6 is 11.8 Å². The Kier molecular flexibility index (Phi) is 2.51. The van der Waals surface area contributed by atoms with Gasteiger partial charge in [0.05, 0.1) is 18.2 Å². The van der Waals surface area contributed by atoms with Crippen LogP contribution in [0.1, 0.15) is 20.3 Å². The molecule has 0 bridgehead atoms. The van der Waals surface area contributed by atoms with Crippen LogP contribution in [0, 0.1) is 0 Å². The summed E-state index contributed by atoms with van der Waals surface area (Å²) in [4.78, 5) is 4.51. The smallest absolute Gasteiger partial charge is 0.157 e. The molecular formula is C9H16N2OS. The van der Waals surface area contributed by atoms with Gasteiger partial charge in [-0.05, 0) is 20.3 Å². The lowest BCUT2D eigenvalue weighted by Gasteiger charge is -2.24. The fourth-order valence-corrected chi connectivity index (χ4v) is 2.61. The van der Waals surface area contributed by atoms with Gasteiger partial charge in [0.25, 0.3) is 0 Å². The second-order valence-corrected chi connectivity index (χ2v) is 5.09. The van der Waals surface area contributed by atoms with Crippen LogP contribution in [0.4, 0.5) is 0 Å². The van der Waals surface area contributed by atoms with E-state index in [-0.39, 0.29) is 5.54 Å². The fourth-order valence-electron chi connectivity index (χ4n) is 1.57. The molecule has 0 aromatic carbocycles. The number of nitrogens with zero attached hydrogens (tertiary/aromatic N) is 1. The van der Waals surface area contributed by atoms with E-state index in [0.29, 0.717) is 6.04 Å². The zero-order valence-electron chi connectivity index (χ0n) is 8.17. The molecule has 3 nitrogen and oxygen atoms in total. The molecule has 0 saturated carbocycles. The molecule has 1 saturated heterocycles. The zero-order valence-corrected chi connectivity index (χ0v) is 8.99. The van der Waals surface area contributed by atoms with Crippen molar-refractivity contribution in [2.24, 2.45) is 4.99 Å². The lowest BCUT2D eigenvalue weighted by Crippen LogP contribution is -2.45. The van der Waals surface area contributed by atoms with E-state index in [4.69, 9.17) is 4.74 Å². The van der Waals surface area contributed by atoms with Crippen LogP contribution in [0.25, 0.3) is 0 Å². The van der Waals surface area contributed by atoms with E-state index < -0.39 is 0 Å². The third kappa shape index (κ3) is 2.17. The molecule has 0 spiro atoms. The highest BCUT2D eigenvalue weighted by atomic mass is 32.2. The zero-order chi connectivity index (χ0) is 9.31. The molecule has 2 atom stereocenters. The van der Waals surface area contributed by atoms with E-state index in [1.165, 1.54) is 0 Å². The van der Waals surface area contributed by atoms with Gasteiger partial charge < -0.3 is 10.1 Å². The van der Waals surface area contributed by atoms with Crippen molar-refractivity contribution in [3.63, 3.8) is 0 Å². The third-order valence-electron chi connectivity index (χ3n) is 2.43. The molecule has 0 radical (unpaired) electrons.